The van der Waals surface area contributed by atoms with Crippen molar-refractivity contribution in [1.29, 1.82) is 0 Å². The predicted octanol–water partition coefficient (Wildman–Crippen LogP) is 0.896. The summed E-state index contributed by atoms with van der Waals surface area (Å²) >= 11 is 0. The molecular formula is C15H27N5O. The second-order valence-electron chi connectivity index (χ2n) is 5.69. The molecule has 0 unspecified atom stereocenters. The fourth-order valence-electron chi connectivity index (χ4n) is 2.15. The van der Waals surface area contributed by atoms with Crippen LogP contribution >= 0.6 is 0 Å². The first kappa shape index (κ1) is 15.8. The molecule has 1 fully saturated rings. The molecule has 0 atom stereocenters. The van der Waals surface area contributed by atoms with Gasteiger partial charge in [-0.25, -0.2) is 0 Å². The Balaban J connectivity index is 1.61. The first-order chi connectivity index (χ1) is 10.2. The number of nitrogens with one attached hydrogen (secondary N) is 1. The summed E-state index contributed by atoms with van der Waals surface area (Å²) in [7, 11) is 5.79. The molecule has 1 aliphatic carbocycles. The standard InChI is InChI=1S/C15H27N5O/c1-16-15(17-7-6-14-10-18-20(3)11-14)19(2)8-9-21-12-13-4-5-13/h10-11,13H,4-9,12H2,1-3H3,(H,16,17). The van der Waals surface area contributed by atoms with Crippen LogP contribution in [0.2, 0.25) is 0 Å². The van der Waals surface area contributed by atoms with Crippen LogP contribution in [-0.2, 0) is 18.2 Å². The molecule has 1 N–H and O–H groups in total. The van der Waals surface area contributed by atoms with Gasteiger partial charge >= 0.3 is 0 Å². The minimum Gasteiger partial charge on any atom is -0.379 e. The van der Waals surface area contributed by atoms with E-state index in [-0.39, 0.29) is 0 Å². The number of guanidine groups is 1. The monoisotopic (exact) mass is 293 g/mol. The first-order valence-electron chi connectivity index (χ1n) is 7.66. The number of aliphatic imine (C=N–C) groups is 1. The molecule has 6 nitrogen and oxygen atoms in total. The summed E-state index contributed by atoms with van der Waals surface area (Å²) < 4.78 is 7.49. The third kappa shape index (κ3) is 5.75. The summed E-state index contributed by atoms with van der Waals surface area (Å²) in [5.41, 5.74) is 1.23. The van der Waals surface area contributed by atoms with Crippen LogP contribution in [0.4, 0.5) is 0 Å². The number of aryl methyl sites for hydroxylation is 1. The molecular weight excluding hydrogens is 266 g/mol. The molecule has 6 heteroatoms. The lowest BCUT2D eigenvalue weighted by molar-refractivity contribution is 0.115. The second kappa shape index (κ2) is 8.02. The summed E-state index contributed by atoms with van der Waals surface area (Å²) in [6.07, 6.45) is 7.57. The van der Waals surface area contributed by atoms with E-state index in [0.29, 0.717) is 0 Å². The molecule has 0 spiro atoms. The number of aromatic nitrogens is 2. The molecule has 0 amide bonds. The fourth-order valence-corrected chi connectivity index (χ4v) is 2.15. The molecule has 0 saturated heterocycles. The zero-order valence-electron chi connectivity index (χ0n) is 13.4. The maximum atomic E-state index is 5.66. The Kier molecular flexibility index (Phi) is 6.04. The van der Waals surface area contributed by atoms with Crippen molar-refractivity contribution in [1.82, 2.24) is 20.0 Å². The van der Waals surface area contributed by atoms with Gasteiger partial charge in [-0.1, -0.05) is 0 Å². The average Bonchev–Trinajstić information content (AvgIpc) is 3.21. The highest BCUT2D eigenvalue weighted by molar-refractivity contribution is 5.79. The molecule has 0 aromatic carbocycles. The van der Waals surface area contributed by atoms with Crippen molar-refractivity contribution < 1.29 is 4.74 Å². The van der Waals surface area contributed by atoms with E-state index in [9.17, 15) is 0 Å². The minimum absolute atomic E-state index is 0.760. The van der Waals surface area contributed by atoms with Crippen LogP contribution in [0.1, 0.15) is 18.4 Å². The van der Waals surface area contributed by atoms with Gasteiger partial charge in [-0.3, -0.25) is 9.67 Å². The van der Waals surface area contributed by atoms with Crippen LogP contribution in [0.25, 0.3) is 0 Å². The van der Waals surface area contributed by atoms with Crippen LogP contribution in [0.3, 0.4) is 0 Å². The Morgan fingerprint density at radius 3 is 3.00 bits per heavy atom. The van der Waals surface area contributed by atoms with Crippen molar-refractivity contribution in [2.75, 3.05) is 40.4 Å². The normalized spacial score (nSPS) is 15.3. The van der Waals surface area contributed by atoms with Gasteiger partial charge in [0.25, 0.3) is 0 Å². The van der Waals surface area contributed by atoms with Crippen LogP contribution in [0, 0.1) is 5.92 Å². The van der Waals surface area contributed by atoms with E-state index in [1.807, 2.05) is 38.2 Å². The Morgan fingerprint density at radius 2 is 2.38 bits per heavy atom. The molecule has 1 aliphatic rings. The molecule has 1 aromatic heterocycles. The summed E-state index contributed by atoms with van der Waals surface area (Å²) in [5.74, 6) is 1.74. The minimum atomic E-state index is 0.760. The van der Waals surface area contributed by atoms with Crippen molar-refractivity contribution >= 4 is 5.96 Å². The maximum absolute atomic E-state index is 5.66. The average molecular weight is 293 g/mol. The Bertz CT molecular complexity index is 453. The number of hydrogen-bond acceptors (Lipinski definition) is 3. The van der Waals surface area contributed by atoms with Crippen LogP contribution in [-0.4, -0.2) is 61.0 Å². The molecule has 0 radical (unpaired) electrons. The van der Waals surface area contributed by atoms with E-state index in [2.05, 4.69) is 20.3 Å². The zero-order valence-corrected chi connectivity index (χ0v) is 13.4. The summed E-state index contributed by atoms with van der Waals surface area (Å²) in [4.78, 5) is 6.41. The van der Waals surface area contributed by atoms with Gasteiger partial charge in [0.05, 0.1) is 12.8 Å². The van der Waals surface area contributed by atoms with Crippen molar-refractivity contribution in [3.8, 4) is 0 Å². The lowest BCUT2D eigenvalue weighted by Crippen LogP contribution is -2.41. The highest BCUT2D eigenvalue weighted by atomic mass is 16.5. The van der Waals surface area contributed by atoms with Gasteiger partial charge in [0.2, 0.25) is 0 Å². The van der Waals surface area contributed by atoms with Crippen LogP contribution in [0.15, 0.2) is 17.4 Å². The number of rotatable bonds is 8. The molecule has 1 heterocycles. The second-order valence-corrected chi connectivity index (χ2v) is 5.69. The van der Waals surface area contributed by atoms with E-state index in [0.717, 1.165) is 44.6 Å². The van der Waals surface area contributed by atoms with Crippen molar-refractivity contribution in [3.05, 3.63) is 18.0 Å². The van der Waals surface area contributed by atoms with Crippen LogP contribution < -0.4 is 5.32 Å². The SMILES string of the molecule is CN=C(NCCc1cnn(C)c1)N(C)CCOCC1CC1. The summed E-state index contributed by atoms with van der Waals surface area (Å²) in [6, 6.07) is 0. The quantitative estimate of drug-likeness (QED) is 0.439. The highest BCUT2D eigenvalue weighted by Crippen LogP contribution is 2.28. The predicted molar refractivity (Wildman–Crippen MR) is 84.4 cm³/mol. The third-order valence-electron chi connectivity index (χ3n) is 3.65. The molecule has 1 aromatic rings. The smallest absolute Gasteiger partial charge is 0.193 e. The maximum Gasteiger partial charge on any atom is 0.193 e. The topological polar surface area (TPSA) is 54.7 Å². The third-order valence-corrected chi connectivity index (χ3v) is 3.65. The number of likely N-dealkylation sites (N-methyl/N-ethyl adjacent to an activating group) is 1. The summed E-state index contributed by atoms with van der Waals surface area (Å²) in [5, 5.41) is 7.54. The highest BCUT2D eigenvalue weighted by Gasteiger charge is 2.21. The van der Waals surface area contributed by atoms with Crippen LogP contribution in [0.5, 0.6) is 0 Å². The lowest BCUT2D eigenvalue weighted by atomic mass is 10.2. The van der Waals surface area contributed by atoms with Gasteiger partial charge in [0.15, 0.2) is 5.96 Å². The van der Waals surface area contributed by atoms with Gasteiger partial charge in [-0.2, -0.15) is 5.10 Å². The Hall–Kier alpha value is -1.56. The first-order valence-corrected chi connectivity index (χ1v) is 7.66. The van der Waals surface area contributed by atoms with Gasteiger partial charge in [-0.15, -0.1) is 0 Å². The lowest BCUT2D eigenvalue weighted by Gasteiger charge is -2.21. The number of hydrogen-bond donors (Lipinski definition) is 1. The molecule has 0 bridgehead atoms. The molecule has 1 saturated carbocycles. The van der Waals surface area contributed by atoms with Gasteiger partial charge in [0.1, 0.15) is 0 Å². The Labute approximate surface area is 127 Å². The molecule has 0 aliphatic heterocycles. The number of ether oxygens (including phenoxy) is 1. The molecule has 2 rings (SSSR count). The van der Waals surface area contributed by atoms with Crippen molar-refractivity contribution in [2.24, 2.45) is 18.0 Å². The molecule has 118 valence electrons. The van der Waals surface area contributed by atoms with E-state index in [4.69, 9.17) is 4.74 Å². The zero-order chi connectivity index (χ0) is 15.1. The van der Waals surface area contributed by atoms with E-state index in [1.54, 1.807) is 0 Å². The van der Waals surface area contributed by atoms with Crippen molar-refractivity contribution in [2.45, 2.75) is 19.3 Å². The van der Waals surface area contributed by atoms with E-state index < -0.39 is 0 Å². The van der Waals surface area contributed by atoms with Gasteiger partial charge < -0.3 is 15.0 Å². The van der Waals surface area contributed by atoms with E-state index in [1.165, 1.54) is 18.4 Å². The summed E-state index contributed by atoms with van der Waals surface area (Å²) in [6.45, 7) is 3.39. The molecule has 21 heavy (non-hydrogen) atoms. The van der Waals surface area contributed by atoms with Gasteiger partial charge in [0, 0.05) is 47.0 Å². The largest absolute Gasteiger partial charge is 0.379 e. The Morgan fingerprint density at radius 1 is 1.57 bits per heavy atom. The van der Waals surface area contributed by atoms with Gasteiger partial charge in [-0.05, 0) is 30.7 Å². The van der Waals surface area contributed by atoms with E-state index >= 15 is 0 Å². The fraction of sp³-hybridized carbons (Fsp3) is 0.733. The number of nitrogens with zero attached hydrogens (tertiary/aromatic N) is 4. The van der Waals surface area contributed by atoms with Crippen molar-refractivity contribution in [3.63, 3.8) is 0 Å².